The number of nitrogens with zero attached hydrogens (tertiary/aromatic N) is 5. The molecule has 0 fully saturated rings. The van der Waals surface area contributed by atoms with Gasteiger partial charge in [0.25, 0.3) is 6.71 Å². The second kappa shape index (κ2) is 21.4. The van der Waals surface area contributed by atoms with Gasteiger partial charge in [0.2, 0.25) is 0 Å². The first kappa shape index (κ1) is 52.2. The second-order valence-corrected chi connectivity index (χ2v) is 24.0. The van der Waals surface area contributed by atoms with Gasteiger partial charge in [-0.15, -0.1) is 0 Å². The van der Waals surface area contributed by atoms with Crippen LogP contribution in [0.4, 0.5) is 34.1 Å². The second-order valence-electron chi connectivity index (χ2n) is 24.0. The third kappa shape index (κ3) is 9.15. The van der Waals surface area contributed by atoms with Gasteiger partial charge in [-0.3, -0.25) is 0 Å². The van der Waals surface area contributed by atoms with E-state index in [4.69, 9.17) is 15.0 Å². The van der Waals surface area contributed by atoms with Crippen LogP contribution in [0.1, 0.15) is 0 Å². The molecule has 0 atom stereocenters. The summed E-state index contributed by atoms with van der Waals surface area (Å²) in [5.41, 5.74) is 21.7. The highest BCUT2D eigenvalue weighted by Crippen LogP contribution is 2.50. The van der Waals surface area contributed by atoms with E-state index in [-0.39, 0.29) is 6.71 Å². The van der Waals surface area contributed by atoms with Crippen LogP contribution < -0.4 is 26.2 Å². The van der Waals surface area contributed by atoms with Crippen LogP contribution in [0.15, 0.2) is 328 Å². The summed E-state index contributed by atoms with van der Waals surface area (Å²) in [4.78, 5) is 21.5. The molecule has 0 N–H and O–H groups in total. The molecule has 1 aromatic heterocycles. The average molecular weight is 1160 g/mol. The molecule has 18 rings (SSSR count). The molecule has 0 amide bonds. The van der Waals surface area contributed by atoms with Crippen molar-refractivity contribution >= 4 is 100 Å². The first-order valence-electron chi connectivity index (χ1n) is 31.2. The number of hydrogen-bond acceptors (Lipinski definition) is 5. The maximum absolute atomic E-state index is 5.54. The standard InChI is InChI=1S/C85H54BN5/c1-7-23-55(24-8-1)65-43-66(56-25-9-2-10-26-56)46-74(45-65)90-78-51-71-41-63-37-21-19-35-61(63)39-69(71)49-76(78)86-77-50-70-40-62-36-20-22-38-64(62)42-72(70)52-79(77)91(75-47-67(57-27-11-3-12-28-57)44-68(48-75)58-29-13-4-14-30-58)81-54-73(53-80(90)82(81)86)85-88-83(59-31-15-5-16-32-59)87-84(89-85)60-33-17-6-18-34-60/h1-54H. The van der Waals surface area contributed by atoms with Gasteiger partial charge >= 0.3 is 0 Å². The van der Waals surface area contributed by atoms with Crippen molar-refractivity contribution in [3.63, 3.8) is 0 Å². The first-order chi connectivity index (χ1) is 45.0. The lowest BCUT2D eigenvalue weighted by atomic mass is 9.33. The zero-order chi connectivity index (χ0) is 59.9. The van der Waals surface area contributed by atoms with E-state index in [1.807, 2.05) is 36.4 Å². The molecule has 0 unspecified atom stereocenters. The van der Waals surface area contributed by atoms with Gasteiger partial charge in [-0.2, -0.15) is 0 Å². The fourth-order valence-electron chi connectivity index (χ4n) is 14.2. The van der Waals surface area contributed by atoms with Crippen molar-refractivity contribution in [3.8, 4) is 78.7 Å². The van der Waals surface area contributed by atoms with Crippen LogP contribution >= 0.6 is 0 Å². The number of aromatic nitrogens is 3. The molecule has 0 saturated carbocycles. The van der Waals surface area contributed by atoms with E-state index in [1.165, 1.54) is 48.7 Å². The largest absolute Gasteiger partial charge is 0.311 e. The van der Waals surface area contributed by atoms with Crippen LogP contribution in [0.5, 0.6) is 0 Å². The molecule has 3 heterocycles. The molecule has 15 aromatic carbocycles. The Labute approximate surface area is 528 Å². The number of anilines is 6. The Bertz CT molecular complexity index is 5080. The van der Waals surface area contributed by atoms with Gasteiger partial charge < -0.3 is 9.80 Å². The fraction of sp³-hybridized carbons (Fsp3) is 0. The Morgan fingerprint density at radius 3 is 0.791 bits per heavy atom. The van der Waals surface area contributed by atoms with E-state index in [1.54, 1.807) is 0 Å². The maximum atomic E-state index is 5.54. The van der Waals surface area contributed by atoms with Crippen LogP contribution in [0.2, 0.25) is 0 Å². The van der Waals surface area contributed by atoms with Crippen LogP contribution in [0.3, 0.4) is 0 Å². The van der Waals surface area contributed by atoms with E-state index >= 15 is 0 Å². The van der Waals surface area contributed by atoms with Crippen LogP contribution in [-0.2, 0) is 0 Å². The lowest BCUT2D eigenvalue weighted by molar-refractivity contribution is 1.07. The molecule has 0 bridgehead atoms. The molecule has 2 aliphatic rings. The summed E-state index contributed by atoms with van der Waals surface area (Å²) in [6, 6.07) is 120. The van der Waals surface area contributed by atoms with Gasteiger partial charge in [-0.05, 0) is 189 Å². The summed E-state index contributed by atoms with van der Waals surface area (Å²) in [6.45, 7) is -0.238. The first-order valence-corrected chi connectivity index (χ1v) is 31.2. The molecule has 0 aliphatic carbocycles. The van der Waals surface area contributed by atoms with Crippen molar-refractivity contribution in [2.24, 2.45) is 0 Å². The normalized spacial score (nSPS) is 12.3. The van der Waals surface area contributed by atoms with Gasteiger partial charge in [-0.1, -0.05) is 243 Å². The topological polar surface area (TPSA) is 45.2 Å². The van der Waals surface area contributed by atoms with Crippen molar-refractivity contribution in [2.45, 2.75) is 0 Å². The van der Waals surface area contributed by atoms with Gasteiger partial charge in [0.05, 0.1) is 0 Å². The van der Waals surface area contributed by atoms with Gasteiger partial charge in [-0.25, -0.2) is 15.0 Å². The molecule has 5 nitrogen and oxygen atoms in total. The average Bonchev–Trinajstić information content (AvgIpc) is 0.721. The van der Waals surface area contributed by atoms with E-state index in [0.29, 0.717) is 17.5 Å². The number of hydrogen-bond donors (Lipinski definition) is 0. The summed E-state index contributed by atoms with van der Waals surface area (Å²) in [6.07, 6.45) is 0. The fourth-order valence-corrected chi connectivity index (χ4v) is 14.2. The molecule has 422 valence electrons. The van der Waals surface area contributed by atoms with Crippen molar-refractivity contribution < 1.29 is 0 Å². The Kier molecular flexibility index (Phi) is 12.3. The van der Waals surface area contributed by atoms with Crippen LogP contribution in [0.25, 0.3) is 122 Å². The van der Waals surface area contributed by atoms with E-state index in [9.17, 15) is 0 Å². The minimum absolute atomic E-state index is 0.238. The highest BCUT2D eigenvalue weighted by Gasteiger charge is 2.45. The van der Waals surface area contributed by atoms with Crippen molar-refractivity contribution in [2.75, 3.05) is 9.80 Å². The molecule has 0 saturated heterocycles. The Morgan fingerprint density at radius 1 is 0.198 bits per heavy atom. The highest BCUT2D eigenvalue weighted by atomic mass is 15.2. The minimum Gasteiger partial charge on any atom is -0.311 e. The summed E-state index contributed by atoms with van der Waals surface area (Å²) in [5.74, 6) is 1.77. The molecule has 0 spiro atoms. The van der Waals surface area contributed by atoms with E-state index in [2.05, 4.69) is 301 Å². The summed E-state index contributed by atoms with van der Waals surface area (Å²) >= 11 is 0. The molecule has 6 heteroatoms. The number of rotatable bonds is 9. The number of fused-ring (bicyclic) bond motifs is 8. The predicted molar refractivity (Wildman–Crippen MR) is 382 cm³/mol. The lowest BCUT2D eigenvalue weighted by Crippen LogP contribution is -2.61. The third-order valence-corrected chi connectivity index (χ3v) is 18.4. The van der Waals surface area contributed by atoms with Crippen LogP contribution in [0, 0.1) is 0 Å². The molecular formula is C85H54BN5. The molecule has 2 aliphatic heterocycles. The van der Waals surface area contributed by atoms with Gasteiger partial charge in [0, 0.05) is 50.8 Å². The summed E-state index contributed by atoms with van der Waals surface area (Å²) in [5, 5.41) is 9.51. The Balaban J connectivity index is 1.01. The van der Waals surface area contributed by atoms with E-state index in [0.717, 1.165) is 106 Å². The van der Waals surface area contributed by atoms with Gasteiger partial charge in [0.1, 0.15) is 0 Å². The summed E-state index contributed by atoms with van der Waals surface area (Å²) in [7, 11) is 0. The van der Waals surface area contributed by atoms with Crippen molar-refractivity contribution in [3.05, 3.63) is 328 Å². The highest BCUT2D eigenvalue weighted by molar-refractivity contribution is 7.00. The smallest absolute Gasteiger partial charge is 0.252 e. The van der Waals surface area contributed by atoms with E-state index < -0.39 is 0 Å². The zero-order valence-corrected chi connectivity index (χ0v) is 49.5. The quantitative estimate of drug-likeness (QED) is 0.106. The monoisotopic (exact) mass is 1160 g/mol. The molecule has 16 aromatic rings. The van der Waals surface area contributed by atoms with Crippen molar-refractivity contribution in [1.29, 1.82) is 0 Å². The molecule has 0 radical (unpaired) electrons. The summed E-state index contributed by atoms with van der Waals surface area (Å²) < 4.78 is 0. The van der Waals surface area contributed by atoms with Crippen LogP contribution in [-0.4, -0.2) is 21.7 Å². The zero-order valence-electron chi connectivity index (χ0n) is 49.5. The lowest BCUT2D eigenvalue weighted by Gasteiger charge is -2.45. The Morgan fingerprint density at radius 2 is 0.473 bits per heavy atom. The van der Waals surface area contributed by atoms with Gasteiger partial charge in [0.15, 0.2) is 17.5 Å². The minimum atomic E-state index is -0.238. The molecular weight excluding hydrogens is 1100 g/mol. The Hall–Kier alpha value is -12.0. The van der Waals surface area contributed by atoms with Crippen molar-refractivity contribution in [1.82, 2.24) is 15.0 Å². The SMILES string of the molecule is c1ccc(-c2cc(-c3ccccc3)cc(N3c4cc5cc6ccccc6cc5cc4B4c5cc6cc7ccccc7cc6cc5N(c5cc(-c6ccccc6)cc(-c6ccccc6)c5)c5cc(-c6nc(-c7ccccc7)nc(-c7ccccc7)n6)cc3c54)c2)cc1. The molecule has 91 heavy (non-hydrogen) atoms. The number of benzene rings is 15. The predicted octanol–water partition coefficient (Wildman–Crippen LogP) is 20.2. The maximum Gasteiger partial charge on any atom is 0.252 e. The third-order valence-electron chi connectivity index (χ3n) is 18.4.